The van der Waals surface area contributed by atoms with E-state index in [0.717, 1.165) is 11.3 Å². The van der Waals surface area contributed by atoms with Gasteiger partial charge in [-0.2, -0.15) is 5.10 Å². The molecule has 1 aromatic heterocycles. The fourth-order valence-corrected chi connectivity index (χ4v) is 2.00. The highest BCUT2D eigenvalue weighted by Crippen LogP contribution is 2.17. The topological polar surface area (TPSA) is 79.0 Å². The fourth-order valence-electron chi connectivity index (χ4n) is 1.88. The Morgan fingerprint density at radius 3 is 2.71 bits per heavy atom. The van der Waals surface area contributed by atoms with E-state index in [-0.39, 0.29) is 12.1 Å². The van der Waals surface area contributed by atoms with Gasteiger partial charge in [-0.1, -0.05) is 23.7 Å². The van der Waals surface area contributed by atoms with E-state index in [0.29, 0.717) is 17.4 Å². The molecule has 0 fully saturated rings. The zero-order valence-corrected chi connectivity index (χ0v) is 12.6. The molecule has 0 aliphatic carbocycles. The summed E-state index contributed by atoms with van der Waals surface area (Å²) in [5.41, 5.74) is 1.78. The first-order chi connectivity index (χ1) is 10.1. The van der Waals surface area contributed by atoms with Crippen molar-refractivity contribution in [3.8, 4) is 0 Å². The molecule has 112 valence electrons. The zero-order valence-electron chi connectivity index (χ0n) is 11.8. The number of ether oxygens (including phenoxy) is 1. The molecular weight excluding hydrogens is 292 g/mol. The number of hydrogen-bond acceptors (Lipinski definition) is 3. The average molecular weight is 309 g/mol. The third kappa shape index (κ3) is 4.47. The highest BCUT2D eigenvalue weighted by Gasteiger charge is 2.15. The Hall–Kier alpha value is -2.05. The molecule has 0 aliphatic rings. The molecule has 0 aliphatic heterocycles. The standard InChI is InChI=1S/C14H17ClN4O2/c1-9-7-13(19-18-9)17-14(20)16-12(8-21-2)10-3-5-11(15)6-4-10/h3-7,12H,8H2,1-2H3,(H3,16,17,18,19,20). The molecule has 1 unspecified atom stereocenters. The number of rotatable bonds is 5. The molecule has 2 amide bonds. The van der Waals surface area contributed by atoms with E-state index in [4.69, 9.17) is 16.3 Å². The second kappa shape index (κ2) is 7.10. The Morgan fingerprint density at radius 2 is 2.14 bits per heavy atom. The molecule has 1 aromatic carbocycles. The number of anilines is 1. The van der Waals surface area contributed by atoms with E-state index in [2.05, 4.69) is 20.8 Å². The number of amides is 2. The van der Waals surface area contributed by atoms with Crippen molar-refractivity contribution in [2.45, 2.75) is 13.0 Å². The second-order valence-electron chi connectivity index (χ2n) is 4.59. The Kier molecular flexibility index (Phi) is 5.19. The third-order valence-electron chi connectivity index (χ3n) is 2.86. The summed E-state index contributed by atoms with van der Waals surface area (Å²) in [5, 5.41) is 12.8. The number of nitrogens with one attached hydrogen (secondary N) is 3. The molecule has 6 nitrogen and oxygen atoms in total. The summed E-state index contributed by atoms with van der Waals surface area (Å²) in [6, 6.07) is 8.38. The SMILES string of the molecule is COCC(NC(=O)Nc1cc(C)[nH]n1)c1ccc(Cl)cc1. The number of nitrogens with zero attached hydrogens (tertiary/aromatic N) is 1. The number of urea groups is 1. The second-order valence-corrected chi connectivity index (χ2v) is 5.03. The molecule has 0 saturated carbocycles. The van der Waals surface area contributed by atoms with Crippen LogP contribution in [0.5, 0.6) is 0 Å². The first-order valence-corrected chi connectivity index (χ1v) is 6.80. The Balaban J connectivity index is 2.01. The Bertz CT molecular complexity index is 597. The molecule has 2 rings (SSSR count). The van der Waals surface area contributed by atoms with Crippen molar-refractivity contribution in [2.75, 3.05) is 19.0 Å². The van der Waals surface area contributed by atoms with E-state index in [1.807, 2.05) is 19.1 Å². The van der Waals surface area contributed by atoms with Crippen molar-refractivity contribution in [1.82, 2.24) is 15.5 Å². The first kappa shape index (κ1) is 15.3. The smallest absolute Gasteiger partial charge is 0.321 e. The number of aromatic nitrogens is 2. The normalized spacial score (nSPS) is 12.0. The van der Waals surface area contributed by atoms with Crippen molar-refractivity contribution in [3.05, 3.63) is 46.6 Å². The maximum atomic E-state index is 12.0. The van der Waals surface area contributed by atoms with Gasteiger partial charge in [-0.25, -0.2) is 4.79 Å². The lowest BCUT2D eigenvalue weighted by atomic mass is 10.1. The van der Waals surface area contributed by atoms with Crippen molar-refractivity contribution >= 4 is 23.4 Å². The van der Waals surface area contributed by atoms with Gasteiger partial charge in [-0.15, -0.1) is 0 Å². The van der Waals surface area contributed by atoms with Crippen molar-refractivity contribution < 1.29 is 9.53 Å². The van der Waals surface area contributed by atoms with E-state index < -0.39 is 0 Å². The van der Waals surface area contributed by atoms with Crippen molar-refractivity contribution in [1.29, 1.82) is 0 Å². The van der Waals surface area contributed by atoms with Gasteiger partial charge in [0.1, 0.15) is 0 Å². The number of hydrogen-bond donors (Lipinski definition) is 3. The number of halogens is 1. The van der Waals surface area contributed by atoms with Gasteiger partial charge in [-0.05, 0) is 24.6 Å². The molecule has 0 radical (unpaired) electrons. The van der Waals surface area contributed by atoms with E-state index >= 15 is 0 Å². The minimum atomic E-state index is -0.349. The van der Waals surface area contributed by atoms with Gasteiger partial charge in [0.2, 0.25) is 0 Å². The monoisotopic (exact) mass is 308 g/mol. The molecule has 21 heavy (non-hydrogen) atoms. The van der Waals surface area contributed by atoms with E-state index in [1.165, 1.54) is 0 Å². The minimum Gasteiger partial charge on any atom is -0.382 e. The van der Waals surface area contributed by atoms with Crippen LogP contribution in [-0.2, 0) is 4.74 Å². The number of benzene rings is 1. The van der Waals surface area contributed by atoms with Gasteiger partial charge in [-0.3, -0.25) is 10.4 Å². The van der Waals surface area contributed by atoms with Crippen molar-refractivity contribution in [2.24, 2.45) is 0 Å². The summed E-state index contributed by atoms with van der Waals surface area (Å²) in [6.45, 7) is 2.21. The van der Waals surface area contributed by atoms with E-state index in [1.54, 1.807) is 25.3 Å². The Labute approximate surface area is 127 Å². The summed E-state index contributed by atoms with van der Waals surface area (Å²) >= 11 is 5.87. The number of aryl methyl sites for hydroxylation is 1. The molecule has 0 saturated heterocycles. The molecular formula is C14H17ClN4O2. The quantitative estimate of drug-likeness (QED) is 0.794. The average Bonchev–Trinajstić information content (AvgIpc) is 2.84. The molecule has 0 bridgehead atoms. The van der Waals surface area contributed by atoms with Crippen LogP contribution in [0.25, 0.3) is 0 Å². The summed E-state index contributed by atoms with van der Waals surface area (Å²) < 4.78 is 5.15. The van der Waals surface area contributed by atoms with Gasteiger partial charge < -0.3 is 10.1 Å². The highest BCUT2D eigenvalue weighted by molar-refractivity contribution is 6.30. The molecule has 0 spiro atoms. The highest BCUT2D eigenvalue weighted by atomic mass is 35.5. The van der Waals surface area contributed by atoms with Crippen LogP contribution in [-0.4, -0.2) is 29.9 Å². The van der Waals surface area contributed by atoms with Crippen LogP contribution in [0.2, 0.25) is 5.02 Å². The summed E-state index contributed by atoms with van der Waals surface area (Å²) in [7, 11) is 1.58. The van der Waals surface area contributed by atoms with Crippen LogP contribution >= 0.6 is 11.6 Å². The lowest BCUT2D eigenvalue weighted by Crippen LogP contribution is -2.34. The molecule has 2 aromatic rings. The van der Waals surface area contributed by atoms with Gasteiger partial charge in [0.05, 0.1) is 12.6 Å². The van der Waals surface area contributed by atoms with Crippen LogP contribution in [0.1, 0.15) is 17.3 Å². The van der Waals surface area contributed by atoms with Gasteiger partial charge >= 0.3 is 6.03 Å². The van der Waals surface area contributed by atoms with Gasteiger partial charge in [0.15, 0.2) is 5.82 Å². The van der Waals surface area contributed by atoms with Crippen molar-refractivity contribution in [3.63, 3.8) is 0 Å². The predicted octanol–water partition coefficient (Wildman–Crippen LogP) is 2.88. The van der Waals surface area contributed by atoms with Gasteiger partial charge in [0.25, 0.3) is 0 Å². The zero-order chi connectivity index (χ0) is 15.2. The first-order valence-electron chi connectivity index (χ1n) is 6.42. The lowest BCUT2D eigenvalue weighted by Gasteiger charge is -2.18. The van der Waals surface area contributed by atoms with Crippen LogP contribution < -0.4 is 10.6 Å². The molecule has 1 heterocycles. The maximum absolute atomic E-state index is 12.0. The largest absolute Gasteiger partial charge is 0.382 e. The number of H-pyrrole nitrogens is 1. The molecule has 7 heteroatoms. The molecule has 1 atom stereocenters. The van der Waals surface area contributed by atoms with Crippen LogP contribution in [0, 0.1) is 6.92 Å². The van der Waals surface area contributed by atoms with Crippen LogP contribution in [0.15, 0.2) is 30.3 Å². The summed E-state index contributed by atoms with van der Waals surface area (Å²) in [6.07, 6.45) is 0. The van der Waals surface area contributed by atoms with Crippen LogP contribution in [0.3, 0.4) is 0 Å². The van der Waals surface area contributed by atoms with Gasteiger partial charge in [0, 0.05) is 23.9 Å². The third-order valence-corrected chi connectivity index (χ3v) is 3.11. The fraction of sp³-hybridized carbons (Fsp3) is 0.286. The minimum absolute atomic E-state index is 0.271. The maximum Gasteiger partial charge on any atom is 0.321 e. The summed E-state index contributed by atoms with van der Waals surface area (Å²) in [4.78, 5) is 12.0. The van der Waals surface area contributed by atoms with Crippen LogP contribution in [0.4, 0.5) is 10.6 Å². The number of methoxy groups -OCH3 is 1. The number of carbonyl (C=O) groups is 1. The molecule has 3 N–H and O–H groups in total. The van der Waals surface area contributed by atoms with E-state index in [9.17, 15) is 4.79 Å². The Morgan fingerprint density at radius 1 is 1.43 bits per heavy atom. The summed E-state index contributed by atoms with van der Waals surface area (Å²) in [5.74, 6) is 0.470. The number of aromatic amines is 1. The number of carbonyl (C=O) groups excluding carboxylic acids is 1. The lowest BCUT2D eigenvalue weighted by molar-refractivity contribution is 0.168. The predicted molar refractivity (Wildman–Crippen MR) is 81.5 cm³/mol.